The number of hydrogen-bond donors (Lipinski definition) is 2. The third-order valence-electron chi connectivity index (χ3n) is 3.67. The van der Waals surface area contributed by atoms with E-state index in [2.05, 4.69) is 52.9 Å². The first-order valence-electron chi connectivity index (χ1n) is 8.17. The normalized spacial score (nSPS) is 11.9. The van der Waals surface area contributed by atoms with Gasteiger partial charge in [-0.1, -0.05) is 53.7 Å². The summed E-state index contributed by atoms with van der Waals surface area (Å²) in [7, 11) is 0. The molecule has 0 aromatic heterocycles. The summed E-state index contributed by atoms with van der Waals surface area (Å²) in [6.07, 6.45) is -0.0980. The summed E-state index contributed by atoms with van der Waals surface area (Å²) in [5.41, 5.74) is 2.18. The molecule has 2 N–H and O–H groups in total. The lowest BCUT2D eigenvalue weighted by atomic mass is 9.80. The maximum absolute atomic E-state index is 11.8. The van der Waals surface area contributed by atoms with Crippen LogP contribution in [0, 0.1) is 0 Å². The Morgan fingerprint density at radius 1 is 1.08 bits per heavy atom. The standard InChI is InChI=1S/C19H29NO4/c1-18(2,3)13-7-8-15(14(11-13)19(4,5)6)24-12-16(21)20-10-9-17(22)23/h7-8,11H,9-10,12H2,1-6H3,(H,20,21)(H,22,23). The topological polar surface area (TPSA) is 75.6 Å². The van der Waals surface area contributed by atoms with Gasteiger partial charge in [-0.05, 0) is 28.0 Å². The number of benzene rings is 1. The third kappa shape index (κ3) is 6.22. The molecule has 1 aromatic carbocycles. The van der Waals surface area contributed by atoms with E-state index in [1.165, 1.54) is 5.56 Å². The van der Waals surface area contributed by atoms with Crippen molar-refractivity contribution in [2.45, 2.75) is 58.8 Å². The summed E-state index contributed by atoms with van der Waals surface area (Å²) in [5.74, 6) is -0.580. The summed E-state index contributed by atoms with van der Waals surface area (Å²) >= 11 is 0. The number of rotatable bonds is 6. The lowest BCUT2D eigenvalue weighted by Crippen LogP contribution is -2.31. The first-order chi connectivity index (χ1) is 10.9. The van der Waals surface area contributed by atoms with Gasteiger partial charge in [-0.3, -0.25) is 9.59 Å². The highest BCUT2D eigenvalue weighted by molar-refractivity contribution is 5.78. The molecule has 0 aliphatic rings. The number of aliphatic carboxylic acids is 1. The average molecular weight is 335 g/mol. The summed E-state index contributed by atoms with van der Waals surface area (Å²) in [6.45, 7) is 12.8. The molecular weight excluding hydrogens is 306 g/mol. The van der Waals surface area contributed by atoms with Crippen LogP contribution in [0.25, 0.3) is 0 Å². The molecule has 0 unspecified atom stereocenters. The van der Waals surface area contributed by atoms with Gasteiger partial charge in [0.1, 0.15) is 5.75 Å². The van der Waals surface area contributed by atoms with E-state index in [1.807, 2.05) is 12.1 Å². The highest BCUT2D eigenvalue weighted by Gasteiger charge is 2.23. The SMILES string of the molecule is CC(C)(C)c1ccc(OCC(=O)NCCC(=O)O)c(C(C)(C)C)c1. The van der Waals surface area contributed by atoms with Crippen LogP contribution < -0.4 is 10.1 Å². The predicted molar refractivity (Wildman–Crippen MR) is 94.6 cm³/mol. The van der Waals surface area contributed by atoms with Crippen LogP contribution in [-0.2, 0) is 20.4 Å². The van der Waals surface area contributed by atoms with Gasteiger partial charge < -0.3 is 15.2 Å². The molecule has 0 heterocycles. The fourth-order valence-electron chi connectivity index (χ4n) is 2.21. The Morgan fingerprint density at radius 3 is 2.21 bits per heavy atom. The molecule has 0 saturated heterocycles. The minimum atomic E-state index is -0.941. The Kier molecular flexibility index (Phi) is 6.41. The van der Waals surface area contributed by atoms with Crippen molar-refractivity contribution in [3.05, 3.63) is 29.3 Å². The second-order valence-corrected chi connectivity index (χ2v) is 7.99. The van der Waals surface area contributed by atoms with E-state index in [0.29, 0.717) is 5.75 Å². The number of carboxylic acids is 1. The fourth-order valence-corrected chi connectivity index (χ4v) is 2.21. The number of carbonyl (C=O) groups excluding carboxylic acids is 1. The van der Waals surface area contributed by atoms with Gasteiger partial charge in [-0.2, -0.15) is 0 Å². The number of ether oxygens (including phenoxy) is 1. The quantitative estimate of drug-likeness (QED) is 0.837. The lowest BCUT2D eigenvalue weighted by Gasteiger charge is -2.27. The second-order valence-electron chi connectivity index (χ2n) is 7.99. The molecule has 1 rings (SSSR count). The molecule has 24 heavy (non-hydrogen) atoms. The zero-order chi connectivity index (χ0) is 18.5. The lowest BCUT2D eigenvalue weighted by molar-refractivity contribution is -0.137. The Morgan fingerprint density at radius 2 is 1.71 bits per heavy atom. The van der Waals surface area contributed by atoms with Crippen molar-refractivity contribution in [2.75, 3.05) is 13.2 Å². The number of amides is 1. The van der Waals surface area contributed by atoms with Crippen LogP contribution in [0.4, 0.5) is 0 Å². The van der Waals surface area contributed by atoms with Crippen LogP contribution in [0.1, 0.15) is 59.1 Å². The van der Waals surface area contributed by atoms with Crippen molar-refractivity contribution in [2.24, 2.45) is 0 Å². The molecule has 1 aromatic rings. The van der Waals surface area contributed by atoms with E-state index < -0.39 is 5.97 Å². The predicted octanol–water partition coefficient (Wildman–Crippen LogP) is 3.25. The van der Waals surface area contributed by atoms with E-state index in [-0.39, 0.29) is 36.3 Å². The Hall–Kier alpha value is -2.04. The van der Waals surface area contributed by atoms with Crippen LogP contribution in [0.5, 0.6) is 5.75 Å². The average Bonchev–Trinajstić information content (AvgIpc) is 2.42. The molecule has 1 amide bonds. The van der Waals surface area contributed by atoms with Gasteiger partial charge >= 0.3 is 5.97 Å². The van der Waals surface area contributed by atoms with Gasteiger partial charge in [0.15, 0.2) is 6.61 Å². The summed E-state index contributed by atoms with van der Waals surface area (Å²) in [6, 6.07) is 6.07. The van der Waals surface area contributed by atoms with Gasteiger partial charge in [-0.15, -0.1) is 0 Å². The molecule has 134 valence electrons. The molecule has 0 spiro atoms. The first-order valence-corrected chi connectivity index (χ1v) is 8.17. The molecule has 5 nitrogen and oxygen atoms in total. The molecule has 0 aliphatic heterocycles. The number of hydrogen-bond acceptors (Lipinski definition) is 3. The molecule has 0 saturated carbocycles. The minimum Gasteiger partial charge on any atom is -0.483 e. The molecule has 5 heteroatoms. The van der Waals surface area contributed by atoms with Crippen LogP contribution in [0.15, 0.2) is 18.2 Å². The maximum atomic E-state index is 11.8. The van der Waals surface area contributed by atoms with Gasteiger partial charge in [0.25, 0.3) is 5.91 Å². The van der Waals surface area contributed by atoms with Crippen LogP contribution in [0.3, 0.4) is 0 Å². The Bertz CT molecular complexity index is 594. The van der Waals surface area contributed by atoms with E-state index >= 15 is 0 Å². The van der Waals surface area contributed by atoms with Gasteiger partial charge in [0, 0.05) is 6.54 Å². The fraction of sp³-hybridized carbons (Fsp3) is 0.579. The van der Waals surface area contributed by atoms with Gasteiger partial charge in [-0.25, -0.2) is 0 Å². The van der Waals surface area contributed by atoms with Crippen molar-refractivity contribution in [3.8, 4) is 5.75 Å². The number of carbonyl (C=O) groups is 2. The highest BCUT2D eigenvalue weighted by Crippen LogP contribution is 2.35. The van der Waals surface area contributed by atoms with Crippen LogP contribution in [-0.4, -0.2) is 30.1 Å². The monoisotopic (exact) mass is 335 g/mol. The van der Waals surface area contributed by atoms with Gasteiger partial charge in [0.05, 0.1) is 6.42 Å². The molecule has 0 radical (unpaired) electrons. The number of carboxylic acid groups (broad SMARTS) is 1. The van der Waals surface area contributed by atoms with Crippen molar-refractivity contribution in [1.82, 2.24) is 5.32 Å². The largest absolute Gasteiger partial charge is 0.483 e. The first kappa shape index (κ1) is 20.0. The maximum Gasteiger partial charge on any atom is 0.305 e. The van der Waals surface area contributed by atoms with Crippen molar-refractivity contribution >= 4 is 11.9 Å². The molecule has 0 aliphatic carbocycles. The highest BCUT2D eigenvalue weighted by atomic mass is 16.5. The second kappa shape index (κ2) is 7.69. The van der Waals surface area contributed by atoms with E-state index in [9.17, 15) is 9.59 Å². The summed E-state index contributed by atoms with van der Waals surface area (Å²) in [5, 5.41) is 11.1. The van der Waals surface area contributed by atoms with Crippen LogP contribution in [0.2, 0.25) is 0 Å². The zero-order valence-corrected chi connectivity index (χ0v) is 15.5. The zero-order valence-electron chi connectivity index (χ0n) is 15.5. The Balaban J connectivity index is 2.84. The van der Waals surface area contributed by atoms with Crippen LogP contribution >= 0.6 is 0 Å². The van der Waals surface area contributed by atoms with E-state index in [4.69, 9.17) is 9.84 Å². The number of nitrogens with one attached hydrogen (secondary N) is 1. The summed E-state index contributed by atoms with van der Waals surface area (Å²) in [4.78, 5) is 22.2. The molecule has 0 atom stereocenters. The smallest absolute Gasteiger partial charge is 0.305 e. The van der Waals surface area contributed by atoms with Crippen molar-refractivity contribution in [3.63, 3.8) is 0 Å². The summed E-state index contributed by atoms with van der Waals surface area (Å²) < 4.78 is 5.69. The van der Waals surface area contributed by atoms with Gasteiger partial charge in [0.2, 0.25) is 0 Å². The van der Waals surface area contributed by atoms with Crippen molar-refractivity contribution < 1.29 is 19.4 Å². The Labute approximate surface area is 144 Å². The molecule has 0 bridgehead atoms. The third-order valence-corrected chi connectivity index (χ3v) is 3.67. The minimum absolute atomic E-state index is 0.0345. The molecular formula is C19H29NO4. The van der Waals surface area contributed by atoms with E-state index in [1.54, 1.807) is 0 Å². The molecule has 0 fully saturated rings. The van der Waals surface area contributed by atoms with Crippen molar-refractivity contribution in [1.29, 1.82) is 0 Å². The van der Waals surface area contributed by atoms with E-state index in [0.717, 1.165) is 5.56 Å².